The number of aliphatic imine (C=N–C) groups is 1. The Balaban J connectivity index is 0.00000320. The van der Waals surface area contributed by atoms with E-state index in [1.807, 2.05) is 12.1 Å². The summed E-state index contributed by atoms with van der Waals surface area (Å²) >= 11 is 5.97. The highest BCUT2D eigenvalue weighted by Crippen LogP contribution is 2.19. The smallest absolute Gasteiger partial charge is 0.220 e. The van der Waals surface area contributed by atoms with Gasteiger partial charge in [-0.05, 0) is 69.6 Å². The number of nitrogens with zero attached hydrogens (tertiary/aromatic N) is 4. The number of piperidine rings is 1. The van der Waals surface area contributed by atoms with Crippen molar-refractivity contribution in [2.24, 2.45) is 22.4 Å². The molecule has 2 aliphatic rings. The molecule has 2 saturated heterocycles. The number of halogens is 2. The fraction of sp³-hybridized carbons (Fsp3) is 0.619. The Kier molecular flexibility index (Phi) is 10.5. The van der Waals surface area contributed by atoms with Crippen LogP contribution in [0, 0.1) is 5.92 Å². The van der Waals surface area contributed by atoms with Gasteiger partial charge in [-0.25, -0.2) is 0 Å². The van der Waals surface area contributed by atoms with Gasteiger partial charge in [-0.15, -0.1) is 24.0 Å². The largest absolute Gasteiger partial charge is 0.370 e. The fourth-order valence-electron chi connectivity index (χ4n) is 4.03. The second-order valence-corrected chi connectivity index (χ2v) is 8.35. The molecule has 0 spiro atoms. The molecule has 1 amide bonds. The highest BCUT2D eigenvalue weighted by atomic mass is 127. The Bertz CT molecular complexity index is 685. The number of primary amides is 1. The van der Waals surface area contributed by atoms with Gasteiger partial charge in [-0.2, -0.15) is 0 Å². The lowest BCUT2D eigenvalue weighted by Gasteiger charge is -2.36. The summed E-state index contributed by atoms with van der Waals surface area (Å²) in [7, 11) is 0. The van der Waals surface area contributed by atoms with E-state index in [1.54, 1.807) is 0 Å². The van der Waals surface area contributed by atoms with Crippen LogP contribution in [-0.2, 0) is 4.79 Å². The highest BCUT2D eigenvalue weighted by molar-refractivity contribution is 14.0. The minimum Gasteiger partial charge on any atom is -0.370 e. The third kappa shape index (κ3) is 7.46. The maximum atomic E-state index is 11.2. The Morgan fingerprint density at radius 1 is 1.00 bits per heavy atom. The maximum Gasteiger partial charge on any atom is 0.220 e. The molecule has 30 heavy (non-hydrogen) atoms. The summed E-state index contributed by atoms with van der Waals surface area (Å²) in [6.45, 7) is 7.38. The SMILES string of the molecule is I.NC(=O)C1CCN(CCCCN=C(N)N2CCN(c3ccc(Cl)cc3)CC2)CC1. The quantitative estimate of drug-likeness (QED) is 0.236. The summed E-state index contributed by atoms with van der Waals surface area (Å²) in [6, 6.07) is 7.98. The molecular formula is C21H34ClIN6O. The van der Waals surface area contributed by atoms with Gasteiger partial charge in [0.25, 0.3) is 0 Å². The zero-order valence-corrected chi connectivity index (χ0v) is 20.6. The Morgan fingerprint density at radius 3 is 2.23 bits per heavy atom. The molecule has 0 unspecified atom stereocenters. The van der Waals surface area contributed by atoms with Crippen LogP contribution in [0.1, 0.15) is 25.7 Å². The van der Waals surface area contributed by atoms with Gasteiger partial charge < -0.3 is 26.2 Å². The number of benzene rings is 1. The molecule has 0 saturated carbocycles. The average molecular weight is 549 g/mol. The van der Waals surface area contributed by atoms with Crippen LogP contribution in [-0.4, -0.2) is 74.0 Å². The lowest BCUT2D eigenvalue weighted by Crippen LogP contribution is -2.51. The van der Waals surface area contributed by atoms with E-state index >= 15 is 0 Å². The van der Waals surface area contributed by atoms with Gasteiger partial charge in [-0.3, -0.25) is 9.79 Å². The van der Waals surface area contributed by atoms with Crippen LogP contribution in [0.15, 0.2) is 29.3 Å². The minimum atomic E-state index is -0.150. The summed E-state index contributed by atoms with van der Waals surface area (Å²) in [6.07, 6.45) is 3.91. The van der Waals surface area contributed by atoms with Gasteiger partial charge in [0.1, 0.15) is 0 Å². The number of carbonyl (C=O) groups excluding carboxylic acids is 1. The van der Waals surface area contributed by atoms with E-state index in [2.05, 4.69) is 31.8 Å². The van der Waals surface area contributed by atoms with E-state index in [1.165, 1.54) is 5.69 Å². The number of amides is 1. The Hall–Kier alpha value is -1.26. The van der Waals surface area contributed by atoms with Crippen LogP contribution in [0.2, 0.25) is 5.02 Å². The molecular weight excluding hydrogens is 515 g/mol. The maximum absolute atomic E-state index is 11.2. The van der Waals surface area contributed by atoms with Crippen molar-refractivity contribution in [2.75, 3.05) is 57.3 Å². The van der Waals surface area contributed by atoms with Crippen LogP contribution in [0.25, 0.3) is 0 Å². The van der Waals surface area contributed by atoms with Crippen molar-refractivity contribution in [3.05, 3.63) is 29.3 Å². The van der Waals surface area contributed by atoms with Gasteiger partial charge in [0, 0.05) is 49.4 Å². The second kappa shape index (κ2) is 12.6. The lowest BCUT2D eigenvalue weighted by molar-refractivity contribution is -0.123. The molecule has 0 aliphatic carbocycles. The van der Waals surface area contributed by atoms with Gasteiger partial charge in [0.2, 0.25) is 5.91 Å². The molecule has 168 valence electrons. The van der Waals surface area contributed by atoms with E-state index in [-0.39, 0.29) is 35.8 Å². The van der Waals surface area contributed by atoms with Crippen molar-refractivity contribution < 1.29 is 4.79 Å². The number of likely N-dealkylation sites (tertiary alicyclic amines) is 1. The predicted molar refractivity (Wildman–Crippen MR) is 135 cm³/mol. The lowest BCUT2D eigenvalue weighted by atomic mass is 9.96. The summed E-state index contributed by atoms with van der Waals surface area (Å²) in [5, 5.41) is 0.763. The summed E-state index contributed by atoms with van der Waals surface area (Å²) in [5.74, 6) is 0.572. The first kappa shape index (κ1) is 25.0. The molecule has 0 atom stereocenters. The number of guanidine groups is 1. The van der Waals surface area contributed by atoms with Gasteiger partial charge in [0.05, 0.1) is 0 Å². The van der Waals surface area contributed by atoms with Gasteiger partial charge in [-0.1, -0.05) is 11.6 Å². The first-order chi connectivity index (χ1) is 14.0. The van der Waals surface area contributed by atoms with Crippen molar-refractivity contribution in [3.63, 3.8) is 0 Å². The van der Waals surface area contributed by atoms with Crippen LogP contribution < -0.4 is 16.4 Å². The number of nitrogens with two attached hydrogens (primary N) is 2. The molecule has 9 heteroatoms. The van der Waals surface area contributed by atoms with Crippen LogP contribution in [0.3, 0.4) is 0 Å². The number of hydrogen-bond donors (Lipinski definition) is 2. The molecule has 7 nitrogen and oxygen atoms in total. The third-order valence-corrected chi connectivity index (χ3v) is 6.19. The van der Waals surface area contributed by atoms with Gasteiger partial charge in [0.15, 0.2) is 5.96 Å². The summed E-state index contributed by atoms with van der Waals surface area (Å²) in [5.41, 5.74) is 12.8. The van der Waals surface area contributed by atoms with E-state index in [0.29, 0.717) is 5.96 Å². The number of piperazine rings is 1. The van der Waals surface area contributed by atoms with E-state index in [9.17, 15) is 4.79 Å². The summed E-state index contributed by atoms with van der Waals surface area (Å²) in [4.78, 5) is 22.7. The van der Waals surface area contributed by atoms with Crippen LogP contribution in [0.5, 0.6) is 0 Å². The van der Waals surface area contributed by atoms with Crippen LogP contribution >= 0.6 is 35.6 Å². The zero-order valence-electron chi connectivity index (χ0n) is 17.5. The molecule has 0 aromatic heterocycles. The van der Waals surface area contributed by atoms with E-state index < -0.39 is 0 Å². The second-order valence-electron chi connectivity index (χ2n) is 7.92. The molecule has 1 aromatic rings. The number of hydrogen-bond acceptors (Lipinski definition) is 4. The molecule has 0 bridgehead atoms. The first-order valence-corrected chi connectivity index (χ1v) is 11.0. The standard InChI is InChI=1S/C21H33ClN6O.HI/c22-18-3-5-19(6-4-18)27-13-15-28(16-14-27)21(24)25-9-1-2-10-26-11-7-17(8-12-26)20(23)29;/h3-6,17H,1-2,7-16H2,(H2,23,29)(H2,24,25);1H. The molecule has 0 radical (unpaired) electrons. The third-order valence-electron chi connectivity index (χ3n) is 5.94. The molecule has 2 aliphatic heterocycles. The summed E-state index contributed by atoms with van der Waals surface area (Å²) < 4.78 is 0. The molecule has 2 heterocycles. The Labute approximate surface area is 201 Å². The van der Waals surface area contributed by atoms with Gasteiger partial charge >= 0.3 is 0 Å². The van der Waals surface area contributed by atoms with Crippen molar-refractivity contribution in [1.29, 1.82) is 0 Å². The normalized spacial score (nSPS) is 18.9. The topological polar surface area (TPSA) is 91.2 Å². The molecule has 4 N–H and O–H groups in total. The van der Waals surface area contributed by atoms with Crippen molar-refractivity contribution in [1.82, 2.24) is 9.80 Å². The Morgan fingerprint density at radius 2 is 1.63 bits per heavy atom. The number of anilines is 1. The zero-order chi connectivity index (χ0) is 20.6. The van der Waals surface area contributed by atoms with E-state index in [4.69, 9.17) is 23.1 Å². The predicted octanol–water partition coefficient (Wildman–Crippen LogP) is 2.37. The van der Waals surface area contributed by atoms with Crippen LogP contribution in [0.4, 0.5) is 5.69 Å². The monoisotopic (exact) mass is 548 g/mol. The minimum absolute atomic E-state index is 0. The molecule has 3 rings (SSSR count). The van der Waals surface area contributed by atoms with Crippen molar-refractivity contribution in [2.45, 2.75) is 25.7 Å². The number of rotatable bonds is 7. The molecule has 2 fully saturated rings. The van der Waals surface area contributed by atoms with Crippen molar-refractivity contribution >= 4 is 53.1 Å². The van der Waals surface area contributed by atoms with Crippen molar-refractivity contribution in [3.8, 4) is 0 Å². The molecule has 1 aromatic carbocycles. The average Bonchev–Trinajstić information content (AvgIpc) is 2.74. The number of carbonyl (C=O) groups is 1. The number of unbranched alkanes of at least 4 members (excludes halogenated alkanes) is 1. The van der Waals surface area contributed by atoms with E-state index in [0.717, 1.165) is 83.1 Å². The highest BCUT2D eigenvalue weighted by Gasteiger charge is 2.22. The first-order valence-electron chi connectivity index (χ1n) is 10.6. The fourth-order valence-corrected chi connectivity index (χ4v) is 4.15.